The fourth-order valence-electron chi connectivity index (χ4n) is 0.954. The molecule has 0 unspecified atom stereocenters. The molecule has 4 nitrogen and oxygen atoms in total. The number of benzene rings is 1. The maximum Gasteiger partial charge on any atom is 0.324 e. The van der Waals surface area contributed by atoms with Crippen LogP contribution in [0.1, 0.15) is 5.56 Å². The van der Waals surface area contributed by atoms with Crippen molar-refractivity contribution in [3.63, 3.8) is 0 Å². The summed E-state index contributed by atoms with van der Waals surface area (Å²) in [6.45, 7) is 7.22. The number of allylic oxidation sites excluding steroid dienone is 2. The zero-order chi connectivity index (χ0) is 10.8. The molecule has 80 valence electrons. The Morgan fingerprint density at radius 3 is 2.00 bits per heavy atom. The molecule has 0 saturated heterocycles. The summed E-state index contributed by atoms with van der Waals surface area (Å²) in [5, 5.41) is 0. The van der Waals surface area contributed by atoms with Gasteiger partial charge in [0, 0.05) is 0 Å². The van der Waals surface area contributed by atoms with Crippen molar-refractivity contribution in [2.75, 3.05) is 0 Å². The predicted molar refractivity (Wildman–Crippen MR) is 57.6 cm³/mol. The minimum Gasteiger partial charge on any atom is -0.274 e. The third kappa shape index (κ3) is 3.32. The van der Waals surface area contributed by atoms with Crippen molar-refractivity contribution in [2.45, 2.75) is 4.90 Å². The molecule has 15 heavy (non-hydrogen) atoms. The first-order valence-electron chi connectivity index (χ1n) is 3.83. The smallest absolute Gasteiger partial charge is 0.274 e. The number of rotatable bonds is 3. The van der Waals surface area contributed by atoms with E-state index in [0.29, 0.717) is 5.57 Å². The van der Waals surface area contributed by atoms with Crippen LogP contribution in [0.2, 0.25) is 0 Å². The molecule has 2 N–H and O–H groups in total. The molecule has 0 aliphatic rings. The summed E-state index contributed by atoms with van der Waals surface area (Å²) in [5.41, 5.74) is 1.42. The van der Waals surface area contributed by atoms with Gasteiger partial charge in [0.2, 0.25) is 0 Å². The molecule has 0 aliphatic heterocycles. The Hall–Kier alpha value is -1.43. The van der Waals surface area contributed by atoms with Gasteiger partial charge in [-0.25, -0.2) is 0 Å². The molecule has 5 heteroatoms. The topological polar surface area (TPSA) is 87.5 Å². The van der Waals surface area contributed by atoms with Crippen molar-refractivity contribution < 1.29 is 13.0 Å². The molecule has 1 rings (SSSR count). The molecule has 0 aliphatic carbocycles. The summed E-state index contributed by atoms with van der Waals surface area (Å²) in [5.74, 6) is 0. The molecule has 0 atom stereocenters. The van der Waals surface area contributed by atoms with E-state index in [1.165, 1.54) is 24.3 Å². The van der Waals surface area contributed by atoms with Gasteiger partial charge in [0.15, 0.2) is 0 Å². The lowest BCUT2D eigenvalue weighted by atomic mass is 10.1. The molecule has 0 spiro atoms. The largest absolute Gasteiger partial charge is 0.324 e. The average Bonchev–Trinajstić information content (AvgIpc) is 2.15. The first-order valence-corrected chi connectivity index (χ1v) is 5.23. The summed E-state index contributed by atoms with van der Waals surface area (Å²) in [6, 6.07) is 5.56. The van der Waals surface area contributed by atoms with Gasteiger partial charge in [-0.1, -0.05) is 35.9 Å². The molecule has 1 aromatic carbocycles. The number of hydrogen-bond donors (Lipinski definition) is 0. The van der Waals surface area contributed by atoms with E-state index in [1.807, 2.05) is 0 Å². The number of hydrogen-bond acceptors (Lipinski definition) is 2. The molecule has 2 radical (unpaired) electrons. The van der Waals surface area contributed by atoms with Gasteiger partial charge >= 0.3 is 10.1 Å². The van der Waals surface area contributed by atoms with Gasteiger partial charge in [0.05, 0.1) is 4.90 Å². The quantitative estimate of drug-likeness (QED) is 0.736. The van der Waals surface area contributed by atoms with Crippen LogP contribution in [0, 0.1) is 0 Å². The van der Waals surface area contributed by atoms with Crippen LogP contribution in [0.4, 0.5) is 0 Å². The molecular weight excluding hydrogens is 214 g/mol. The van der Waals surface area contributed by atoms with Crippen LogP contribution in [0.3, 0.4) is 0 Å². The second kappa shape index (κ2) is 4.88. The number of nitrogens with two attached hydrogens (primary N) is 1. The van der Waals surface area contributed by atoms with Crippen molar-refractivity contribution >= 4 is 15.7 Å². The zero-order valence-electron chi connectivity index (χ0n) is 8.01. The second-order valence-corrected chi connectivity index (χ2v) is 4.09. The molecular formula is C10H11NO3S. The summed E-state index contributed by atoms with van der Waals surface area (Å²) in [6.07, 6.45) is 1.56. The third-order valence-corrected chi connectivity index (χ3v) is 2.61. The Balaban J connectivity index is 0.00000196. The Morgan fingerprint density at radius 2 is 1.67 bits per heavy atom. The van der Waals surface area contributed by atoms with Gasteiger partial charge in [0.25, 0.3) is 0 Å². The van der Waals surface area contributed by atoms with E-state index in [9.17, 15) is 13.0 Å². The zero-order valence-corrected chi connectivity index (χ0v) is 8.83. The van der Waals surface area contributed by atoms with E-state index in [-0.39, 0.29) is 11.0 Å². The van der Waals surface area contributed by atoms with Gasteiger partial charge in [-0.05, 0) is 23.3 Å². The molecule has 0 bridgehead atoms. The van der Waals surface area contributed by atoms with E-state index in [2.05, 4.69) is 13.2 Å². The van der Waals surface area contributed by atoms with E-state index in [1.54, 1.807) is 6.08 Å². The highest BCUT2D eigenvalue weighted by Crippen LogP contribution is 2.16. The average molecular weight is 225 g/mol. The van der Waals surface area contributed by atoms with Gasteiger partial charge in [0.1, 0.15) is 0 Å². The molecule has 0 fully saturated rings. The Kier molecular flexibility index (Phi) is 4.41. The van der Waals surface area contributed by atoms with Crippen molar-refractivity contribution in [2.24, 2.45) is 0 Å². The molecule has 1 aromatic rings. The Labute approximate surface area is 89.3 Å². The van der Waals surface area contributed by atoms with Crippen LogP contribution in [0.25, 0.3) is 5.57 Å². The summed E-state index contributed by atoms with van der Waals surface area (Å²) < 4.78 is 31.8. The van der Waals surface area contributed by atoms with Crippen LogP contribution in [-0.4, -0.2) is 8.42 Å². The van der Waals surface area contributed by atoms with Crippen LogP contribution in [0.15, 0.2) is 48.4 Å². The summed E-state index contributed by atoms with van der Waals surface area (Å²) in [7, 11) is -4.36. The minimum absolute atomic E-state index is 0. The normalized spacial score (nSPS) is 10.2. The molecule has 0 amide bonds. The van der Waals surface area contributed by atoms with E-state index in [4.69, 9.17) is 0 Å². The van der Waals surface area contributed by atoms with Crippen molar-refractivity contribution in [1.82, 2.24) is 6.15 Å². The maximum atomic E-state index is 10.6. The van der Waals surface area contributed by atoms with Gasteiger partial charge in [-0.3, -0.25) is 6.15 Å². The lowest BCUT2D eigenvalue weighted by molar-refractivity contribution is 0.414. The van der Waals surface area contributed by atoms with Gasteiger partial charge < -0.3 is 0 Å². The highest BCUT2D eigenvalue weighted by molar-refractivity contribution is 7.85. The third-order valence-electron chi connectivity index (χ3n) is 1.76. The van der Waals surface area contributed by atoms with Crippen molar-refractivity contribution in [3.05, 3.63) is 49.1 Å². The standard InChI is InChI=1S/C10H9O3S.H2N/c1-3-8(2)9-4-6-10(7-5-9)14(11,12)13;/h3-7H,1-2H2;1H2. The fraction of sp³-hybridized carbons (Fsp3) is 0. The van der Waals surface area contributed by atoms with E-state index >= 15 is 0 Å². The fourth-order valence-corrected chi connectivity index (χ4v) is 1.42. The highest BCUT2D eigenvalue weighted by atomic mass is 32.2. The molecule has 0 saturated carbocycles. The monoisotopic (exact) mass is 225 g/mol. The Morgan fingerprint density at radius 1 is 1.20 bits per heavy atom. The van der Waals surface area contributed by atoms with Gasteiger partial charge in [-0.15, -0.1) is 0 Å². The maximum absolute atomic E-state index is 10.6. The second-order valence-electron chi connectivity index (χ2n) is 2.71. The lowest BCUT2D eigenvalue weighted by Gasteiger charge is -2.00. The molecule has 0 aromatic heterocycles. The minimum atomic E-state index is -4.36. The summed E-state index contributed by atoms with van der Waals surface area (Å²) in [4.78, 5) is -0.238. The molecule has 0 heterocycles. The SMILES string of the molecule is C=CC(=C)c1ccc(S([O])(=O)=O)cc1.[NH2]. The first kappa shape index (κ1) is 13.6. The van der Waals surface area contributed by atoms with Crippen molar-refractivity contribution in [1.29, 1.82) is 0 Å². The van der Waals surface area contributed by atoms with Crippen LogP contribution in [-0.2, 0) is 14.7 Å². The van der Waals surface area contributed by atoms with Crippen LogP contribution >= 0.6 is 0 Å². The van der Waals surface area contributed by atoms with Gasteiger partial charge in [-0.2, -0.15) is 8.42 Å². The van der Waals surface area contributed by atoms with Crippen LogP contribution in [0.5, 0.6) is 0 Å². The highest BCUT2D eigenvalue weighted by Gasteiger charge is 2.10. The summed E-state index contributed by atoms with van der Waals surface area (Å²) >= 11 is 0. The van der Waals surface area contributed by atoms with E-state index < -0.39 is 10.1 Å². The predicted octanol–water partition coefficient (Wildman–Crippen LogP) is 1.95. The van der Waals surface area contributed by atoms with Crippen molar-refractivity contribution in [3.8, 4) is 0 Å². The first-order chi connectivity index (χ1) is 6.45. The van der Waals surface area contributed by atoms with Crippen LogP contribution < -0.4 is 6.15 Å². The Bertz CT molecular complexity index is 460. The lowest BCUT2D eigenvalue weighted by Crippen LogP contribution is -1.95. The van der Waals surface area contributed by atoms with E-state index in [0.717, 1.165) is 5.56 Å².